The number of hydrogen-bond acceptors (Lipinski definition) is 8. The highest BCUT2D eigenvalue weighted by molar-refractivity contribution is 5.86. The Morgan fingerprint density at radius 2 is 1.97 bits per heavy atom. The van der Waals surface area contributed by atoms with Crippen molar-refractivity contribution in [2.45, 2.75) is 84.2 Å². The van der Waals surface area contributed by atoms with Crippen molar-refractivity contribution in [2.24, 2.45) is 40.9 Å². The second-order valence-corrected chi connectivity index (χ2v) is 12.7. The molecule has 38 heavy (non-hydrogen) atoms. The molecule has 1 aliphatic heterocycles. The van der Waals surface area contributed by atoms with Crippen molar-refractivity contribution in [1.82, 2.24) is 9.97 Å². The highest BCUT2D eigenvalue weighted by Gasteiger charge is 2.62. The van der Waals surface area contributed by atoms with Gasteiger partial charge in [0.25, 0.3) is 0 Å². The van der Waals surface area contributed by atoms with E-state index in [4.69, 9.17) is 9.47 Å². The van der Waals surface area contributed by atoms with E-state index in [-0.39, 0.29) is 46.8 Å². The molecule has 0 aromatic carbocycles. The molecule has 10 unspecified atom stereocenters. The van der Waals surface area contributed by atoms with E-state index in [2.05, 4.69) is 50.3 Å². The number of cyclic esters (lactones) is 1. The van der Waals surface area contributed by atoms with E-state index in [1.165, 1.54) is 24.2 Å². The van der Waals surface area contributed by atoms with Crippen LogP contribution in [-0.2, 0) is 14.3 Å². The summed E-state index contributed by atoms with van der Waals surface area (Å²) in [5.41, 5.74) is 0.117. The lowest BCUT2D eigenvalue weighted by atomic mass is 9.53. The number of rotatable bonds is 3. The van der Waals surface area contributed by atoms with Crippen LogP contribution >= 0.6 is 0 Å². The Labute approximate surface area is 224 Å². The average Bonchev–Trinajstić information content (AvgIpc) is 3.16. The minimum Gasteiger partial charge on any atom is -0.460 e. The summed E-state index contributed by atoms with van der Waals surface area (Å²) in [5, 5.41) is 23.0. The first-order valence-corrected chi connectivity index (χ1v) is 13.8. The summed E-state index contributed by atoms with van der Waals surface area (Å²) in [6.07, 6.45) is 6.92. The molecular weight excluding hydrogens is 484 g/mol. The molecule has 4 aliphatic rings. The van der Waals surface area contributed by atoms with Gasteiger partial charge in [-0.1, -0.05) is 39.0 Å². The zero-order valence-electron chi connectivity index (χ0n) is 23.0. The summed E-state index contributed by atoms with van der Waals surface area (Å²) in [4.78, 5) is 33.6. The molecule has 10 atom stereocenters. The number of esters is 2. The number of fused-ring (bicyclic) bond motifs is 3. The third kappa shape index (κ3) is 4.11. The van der Waals surface area contributed by atoms with Crippen molar-refractivity contribution < 1.29 is 29.3 Å². The summed E-state index contributed by atoms with van der Waals surface area (Å²) in [5.74, 6) is -1.18. The molecule has 1 aromatic rings. The van der Waals surface area contributed by atoms with E-state index in [0.717, 1.165) is 19.3 Å². The molecule has 8 nitrogen and oxygen atoms in total. The highest BCUT2D eigenvalue weighted by Crippen LogP contribution is 2.63. The fraction of sp³-hybridized carbons (Fsp3) is 0.667. The third-order valence-electron chi connectivity index (χ3n) is 10.3. The maximum Gasteiger partial charge on any atom is 0.358 e. The maximum atomic E-state index is 13.0. The molecule has 0 amide bonds. The van der Waals surface area contributed by atoms with Crippen molar-refractivity contribution in [2.75, 3.05) is 0 Å². The van der Waals surface area contributed by atoms with Gasteiger partial charge in [0.2, 0.25) is 0 Å². The number of carbonyl (C=O) groups is 2. The van der Waals surface area contributed by atoms with Gasteiger partial charge in [-0.25, -0.2) is 14.6 Å². The van der Waals surface area contributed by atoms with E-state index in [1.54, 1.807) is 6.92 Å². The topological polar surface area (TPSA) is 119 Å². The predicted molar refractivity (Wildman–Crippen MR) is 140 cm³/mol. The van der Waals surface area contributed by atoms with E-state index < -0.39 is 35.7 Å². The summed E-state index contributed by atoms with van der Waals surface area (Å²) in [6.45, 7) is 14.9. The van der Waals surface area contributed by atoms with Crippen molar-refractivity contribution in [3.63, 3.8) is 0 Å². The van der Waals surface area contributed by atoms with Gasteiger partial charge in [0.1, 0.15) is 17.8 Å². The van der Waals surface area contributed by atoms with Crippen molar-refractivity contribution in [1.29, 1.82) is 0 Å². The number of aliphatic hydroxyl groups is 2. The largest absolute Gasteiger partial charge is 0.460 e. The van der Waals surface area contributed by atoms with Gasteiger partial charge in [0, 0.05) is 24.2 Å². The fourth-order valence-electron chi connectivity index (χ4n) is 8.33. The van der Waals surface area contributed by atoms with Crippen LogP contribution in [0.25, 0.3) is 0 Å². The van der Waals surface area contributed by atoms with Crippen LogP contribution in [0.5, 0.6) is 0 Å². The minimum absolute atomic E-state index is 0.0859. The van der Waals surface area contributed by atoms with Gasteiger partial charge in [-0.15, -0.1) is 0 Å². The van der Waals surface area contributed by atoms with Crippen LogP contribution in [0.4, 0.5) is 0 Å². The summed E-state index contributed by atoms with van der Waals surface area (Å²) in [7, 11) is 0. The van der Waals surface area contributed by atoms with Gasteiger partial charge < -0.3 is 19.7 Å². The molecule has 2 heterocycles. The van der Waals surface area contributed by atoms with Gasteiger partial charge in [-0.2, -0.15) is 0 Å². The quantitative estimate of drug-likeness (QED) is 0.452. The maximum absolute atomic E-state index is 13.0. The van der Waals surface area contributed by atoms with Gasteiger partial charge >= 0.3 is 11.9 Å². The zero-order chi connectivity index (χ0) is 27.6. The third-order valence-corrected chi connectivity index (χ3v) is 10.3. The standard InChI is InChI=1S/C30H40N2O6/c1-15(2)25-22-11-19-17(4)30(36)21(18(5)37-28(35)26(30)33)8-7-16(3)20(19)12-29(22,6)13-24(25)38-27(34)23-14-31-9-10-32-23/h7,9-10,14-15,18-22,24-26,33,36H,4,8,11-13H2,1-3,5-6H3. The van der Waals surface area contributed by atoms with E-state index in [1.807, 2.05) is 0 Å². The number of hydrogen-bond donors (Lipinski definition) is 2. The van der Waals surface area contributed by atoms with E-state index in [9.17, 15) is 19.8 Å². The Morgan fingerprint density at radius 1 is 1.24 bits per heavy atom. The average molecular weight is 525 g/mol. The van der Waals surface area contributed by atoms with Gasteiger partial charge in [0.05, 0.1) is 6.20 Å². The minimum atomic E-state index is -1.76. The van der Waals surface area contributed by atoms with Crippen LogP contribution in [0.2, 0.25) is 0 Å². The molecule has 2 N–H and O–H groups in total. The zero-order valence-corrected chi connectivity index (χ0v) is 23.0. The Balaban J connectivity index is 1.49. The molecule has 3 aliphatic carbocycles. The monoisotopic (exact) mass is 524 g/mol. The Bertz CT molecular complexity index is 1150. The Hall–Kier alpha value is -2.58. The highest BCUT2D eigenvalue weighted by atomic mass is 16.6. The number of nitrogens with zero attached hydrogens (tertiary/aromatic N) is 2. The summed E-state index contributed by atoms with van der Waals surface area (Å²) >= 11 is 0. The van der Waals surface area contributed by atoms with Crippen molar-refractivity contribution in [3.8, 4) is 0 Å². The second-order valence-electron chi connectivity index (χ2n) is 12.7. The van der Waals surface area contributed by atoms with Crippen LogP contribution in [0.1, 0.15) is 70.8 Å². The molecule has 2 saturated carbocycles. The van der Waals surface area contributed by atoms with E-state index in [0.29, 0.717) is 12.0 Å². The lowest BCUT2D eigenvalue weighted by molar-refractivity contribution is -0.209. The van der Waals surface area contributed by atoms with Crippen molar-refractivity contribution >= 4 is 11.9 Å². The molecule has 0 spiro atoms. The van der Waals surface area contributed by atoms with Crippen LogP contribution in [0.15, 0.2) is 42.4 Å². The molecule has 0 radical (unpaired) electrons. The van der Waals surface area contributed by atoms with Gasteiger partial charge in [0.15, 0.2) is 11.8 Å². The molecule has 206 valence electrons. The number of aliphatic hydroxyl groups excluding tert-OH is 1. The predicted octanol–water partition coefficient (Wildman–Crippen LogP) is 3.89. The number of allylic oxidation sites excluding steroid dienone is 2. The molecule has 5 rings (SSSR count). The Kier molecular flexibility index (Phi) is 6.79. The number of carbonyl (C=O) groups excluding carboxylic acids is 2. The van der Waals surface area contributed by atoms with Crippen LogP contribution < -0.4 is 0 Å². The number of ether oxygens (including phenoxy) is 2. The first-order chi connectivity index (χ1) is 17.9. The fourth-order valence-corrected chi connectivity index (χ4v) is 8.33. The van der Waals surface area contributed by atoms with Gasteiger partial charge in [-0.05, 0) is 74.2 Å². The van der Waals surface area contributed by atoms with Crippen LogP contribution in [0.3, 0.4) is 0 Å². The van der Waals surface area contributed by atoms with E-state index >= 15 is 0 Å². The lowest BCUT2D eigenvalue weighted by Crippen LogP contribution is -2.63. The first kappa shape index (κ1) is 27.0. The lowest BCUT2D eigenvalue weighted by Gasteiger charge is -2.54. The SMILES string of the molecule is C=C1C2CC3C(C(C)C)C(OC(=O)c4cnccn4)CC3(C)CC2C(C)=CCC2C(C)OC(=O)C(O)C12O. The molecule has 0 bridgehead atoms. The molecule has 8 heteroatoms. The smallest absolute Gasteiger partial charge is 0.358 e. The molecule has 1 saturated heterocycles. The summed E-state index contributed by atoms with van der Waals surface area (Å²) < 4.78 is 11.5. The number of aromatic nitrogens is 2. The molecule has 1 aromatic heterocycles. The van der Waals surface area contributed by atoms with Crippen LogP contribution in [-0.4, -0.2) is 56.0 Å². The summed E-state index contributed by atoms with van der Waals surface area (Å²) in [6, 6.07) is 0. The Morgan fingerprint density at radius 3 is 2.63 bits per heavy atom. The normalized spacial score (nSPS) is 42.7. The first-order valence-electron chi connectivity index (χ1n) is 13.8. The van der Waals surface area contributed by atoms with Gasteiger partial charge in [-0.3, -0.25) is 4.98 Å². The van der Waals surface area contributed by atoms with Crippen LogP contribution in [0, 0.1) is 40.9 Å². The molecule has 3 fully saturated rings. The second kappa shape index (κ2) is 9.56. The molecular formula is C30H40N2O6. The van der Waals surface area contributed by atoms with Crippen molar-refractivity contribution in [3.05, 3.63) is 48.1 Å².